The van der Waals surface area contributed by atoms with Crippen LogP contribution in [0.15, 0.2) is 18.2 Å². The van der Waals surface area contributed by atoms with E-state index in [9.17, 15) is 0 Å². The third-order valence-corrected chi connectivity index (χ3v) is 4.24. The van der Waals surface area contributed by atoms with Gasteiger partial charge in [0.05, 0.1) is 6.61 Å². The van der Waals surface area contributed by atoms with E-state index >= 15 is 0 Å². The summed E-state index contributed by atoms with van der Waals surface area (Å²) in [5, 5.41) is 0. The highest BCUT2D eigenvalue weighted by atomic mass is 16.5. The summed E-state index contributed by atoms with van der Waals surface area (Å²) in [6.45, 7) is 13.1. The van der Waals surface area contributed by atoms with Crippen LogP contribution in [-0.4, -0.2) is 19.7 Å². The number of nitrogens with two attached hydrogens (primary N) is 2. The van der Waals surface area contributed by atoms with Gasteiger partial charge in [0, 0.05) is 0 Å². The van der Waals surface area contributed by atoms with E-state index in [1.807, 2.05) is 0 Å². The topological polar surface area (TPSA) is 61.3 Å². The van der Waals surface area contributed by atoms with Crippen molar-refractivity contribution in [2.24, 2.45) is 29.2 Å². The number of benzene rings is 1. The summed E-state index contributed by atoms with van der Waals surface area (Å²) in [6.07, 6.45) is 1.02. The summed E-state index contributed by atoms with van der Waals surface area (Å²) in [7, 11) is 0. The van der Waals surface area contributed by atoms with E-state index in [-0.39, 0.29) is 0 Å². The van der Waals surface area contributed by atoms with Crippen molar-refractivity contribution >= 4 is 0 Å². The van der Waals surface area contributed by atoms with Crippen molar-refractivity contribution in [3.8, 4) is 5.75 Å². The van der Waals surface area contributed by atoms with Gasteiger partial charge in [0.25, 0.3) is 0 Å². The van der Waals surface area contributed by atoms with Crippen LogP contribution >= 0.6 is 0 Å². The van der Waals surface area contributed by atoms with Crippen molar-refractivity contribution in [2.75, 3.05) is 19.7 Å². The predicted octanol–water partition coefficient (Wildman–Crippen LogP) is 3.56. The second kappa shape index (κ2) is 9.16. The molecule has 1 atom stereocenters. The lowest BCUT2D eigenvalue weighted by atomic mass is 9.87. The molecule has 0 amide bonds. The average Bonchev–Trinajstić information content (AvgIpc) is 2.46. The van der Waals surface area contributed by atoms with Gasteiger partial charge in [-0.1, -0.05) is 46.8 Å². The van der Waals surface area contributed by atoms with Crippen LogP contribution in [0.25, 0.3) is 0 Å². The molecule has 0 aromatic heterocycles. The van der Waals surface area contributed by atoms with Crippen LogP contribution in [0.3, 0.4) is 0 Å². The smallest absolute Gasteiger partial charge is 0.122 e. The minimum Gasteiger partial charge on any atom is -0.493 e. The van der Waals surface area contributed by atoms with Crippen LogP contribution in [0.1, 0.15) is 51.7 Å². The van der Waals surface area contributed by atoms with Gasteiger partial charge in [-0.3, -0.25) is 0 Å². The molecular formula is C19H34N2O. The molecule has 0 bridgehead atoms. The van der Waals surface area contributed by atoms with E-state index in [4.69, 9.17) is 16.2 Å². The van der Waals surface area contributed by atoms with E-state index in [1.165, 1.54) is 11.1 Å². The highest BCUT2D eigenvalue weighted by Gasteiger charge is 2.16. The Kier molecular flexibility index (Phi) is 7.91. The fourth-order valence-corrected chi connectivity index (χ4v) is 2.66. The molecule has 1 rings (SSSR count). The van der Waals surface area contributed by atoms with Crippen molar-refractivity contribution in [1.82, 2.24) is 0 Å². The Morgan fingerprint density at radius 1 is 1.00 bits per heavy atom. The van der Waals surface area contributed by atoms with Crippen molar-refractivity contribution in [2.45, 2.75) is 47.0 Å². The van der Waals surface area contributed by atoms with Crippen LogP contribution in [0.5, 0.6) is 5.75 Å². The normalized spacial score (nSPS) is 13.2. The third-order valence-electron chi connectivity index (χ3n) is 4.24. The summed E-state index contributed by atoms with van der Waals surface area (Å²) in [5.74, 6) is 2.90. The fourth-order valence-electron chi connectivity index (χ4n) is 2.66. The number of ether oxygens (including phenoxy) is 1. The maximum Gasteiger partial charge on any atom is 0.122 e. The summed E-state index contributed by atoms with van der Waals surface area (Å²) < 4.78 is 5.97. The monoisotopic (exact) mass is 306 g/mol. The van der Waals surface area contributed by atoms with E-state index in [2.05, 4.69) is 52.8 Å². The standard InChI is InChI=1S/C19H34N2O/c1-13(2)12-22-19-7-6-16(9-18(19)14(3)4)8-15(5)17(10-20)11-21/h6-7,9,13-15,17H,8,10-12,20-21H2,1-5H3. The van der Waals surface area contributed by atoms with Crippen LogP contribution in [0.4, 0.5) is 0 Å². The van der Waals surface area contributed by atoms with Gasteiger partial charge in [-0.15, -0.1) is 0 Å². The minimum absolute atomic E-state index is 0.388. The molecule has 4 N–H and O–H groups in total. The maximum atomic E-state index is 5.97. The highest BCUT2D eigenvalue weighted by molar-refractivity contribution is 5.39. The van der Waals surface area contributed by atoms with Gasteiger partial charge in [-0.05, 0) is 60.4 Å². The van der Waals surface area contributed by atoms with Gasteiger partial charge in [0.1, 0.15) is 5.75 Å². The molecule has 126 valence electrons. The van der Waals surface area contributed by atoms with Gasteiger partial charge in [-0.2, -0.15) is 0 Å². The molecule has 1 aromatic rings. The van der Waals surface area contributed by atoms with E-state index in [0.29, 0.717) is 36.8 Å². The van der Waals surface area contributed by atoms with Crippen LogP contribution < -0.4 is 16.2 Å². The molecule has 0 radical (unpaired) electrons. The average molecular weight is 306 g/mol. The van der Waals surface area contributed by atoms with E-state index in [0.717, 1.165) is 18.8 Å². The minimum atomic E-state index is 0.388. The molecule has 0 heterocycles. The zero-order valence-electron chi connectivity index (χ0n) is 14.9. The molecule has 3 nitrogen and oxygen atoms in total. The SMILES string of the molecule is CC(C)COc1ccc(CC(C)C(CN)CN)cc1C(C)C. The number of rotatable bonds is 9. The summed E-state index contributed by atoms with van der Waals surface area (Å²) >= 11 is 0. The summed E-state index contributed by atoms with van der Waals surface area (Å²) in [6, 6.07) is 6.60. The Labute approximate surface area is 136 Å². The van der Waals surface area contributed by atoms with Crippen molar-refractivity contribution in [1.29, 1.82) is 0 Å². The Morgan fingerprint density at radius 3 is 2.14 bits per heavy atom. The zero-order valence-corrected chi connectivity index (χ0v) is 14.9. The highest BCUT2D eigenvalue weighted by Crippen LogP contribution is 2.29. The number of hydrogen-bond donors (Lipinski definition) is 2. The maximum absolute atomic E-state index is 5.97. The third kappa shape index (κ3) is 5.62. The first-order valence-corrected chi connectivity index (χ1v) is 8.54. The Hall–Kier alpha value is -1.06. The summed E-state index contributed by atoms with van der Waals surface area (Å²) in [4.78, 5) is 0. The van der Waals surface area contributed by atoms with E-state index < -0.39 is 0 Å². The van der Waals surface area contributed by atoms with Crippen molar-refractivity contribution in [3.05, 3.63) is 29.3 Å². The van der Waals surface area contributed by atoms with Crippen LogP contribution in [-0.2, 0) is 6.42 Å². The molecule has 3 heteroatoms. The summed E-state index contributed by atoms with van der Waals surface area (Å²) in [5.41, 5.74) is 14.3. The van der Waals surface area contributed by atoms with Crippen molar-refractivity contribution in [3.63, 3.8) is 0 Å². The first-order valence-electron chi connectivity index (χ1n) is 8.54. The largest absolute Gasteiger partial charge is 0.493 e. The second-order valence-corrected chi connectivity index (χ2v) is 7.14. The van der Waals surface area contributed by atoms with Crippen LogP contribution in [0.2, 0.25) is 0 Å². The number of hydrogen-bond acceptors (Lipinski definition) is 3. The molecule has 1 aromatic carbocycles. The van der Waals surface area contributed by atoms with Gasteiger partial charge >= 0.3 is 0 Å². The lowest BCUT2D eigenvalue weighted by Crippen LogP contribution is -2.30. The van der Waals surface area contributed by atoms with Gasteiger partial charge < -0.3 is 16.2 Å². The first-order chi connectivity index (χ1) is 10.4. The Bertz CT molecular complexity index is 439. The molecule has 22 heavy (non-hydrogen) atoms. The van der Waals surface area contributed by atoms with E-state index in [1.54, 1.807) is 0 Å². The zero-order chi connectivity index (χ0) is 16.7. The van der Waals surface area contributed by atoms with Crippen LogP contribution in [0, 0.1) is 17.8 Å². The molecule has 0 saturated carbocycles. The Morgan fingerprint density at radius 2 is 1.64 bits per heavy atom. The van der Waals surface area contributed by atoms with Gasteiger partial charge in [-0.25, -0.2) is 0 Å². The molecule has 0 fully saturated rings. The van der Waals surface area contributed by atoms with Gasteiger partial charge in [0.15, 0.2) is 0 Å². The van der Waals surface area contributed by atoms with Crippen molar-refractivity contribution < 1.29 is 4.74 Å². The first kappa shape index (κ1) is 19.0. The molecule has 0 spiro atoms. The molecular weight excluding hydrogens is 272 g/mol. The quantitative estimate of drug-likeness (QED) is 0.733. The molecule has 0 aliphatic heterocycles. The second-order valence-electron chi connectivity index (χ2n) is 7.14. The lowest BCUT2D eigenvalue weighted by Gasteiger charge is -2.22. The lowest BCUT2D eigenvalue weighted by molar-refractivity contribution is 0.267. The molecule has 1 unspecified atom stereocenters. The molecule has 0 aliphatic rings. The predicted molar refractivity (Wildman–Crippen MR) is 95.3 cm³/mol. The molecule has 0 saturated heterocycles. The molecule has 0 aliphatic carbocycles. The fraction of sp³-hybridized carbons (Fsp3) is 0.684. The Balaban J connectivity index is 2.88. The van der Waals surface area contributed by atoms with Gasteiger partial charge in [0.2, 0.25) is 0 Å².